The average Bonchev–Trinajstić information content (AvgIpc) is 3.60. The molecule has 6 heteroatoms. The van der Waals surface area contributed by atoms with Gasteiger partial charge in [0.05, 0.1) is 6.04 Å². The van der Waals surface area contributed by atoms with Crippen molar-refractivity contribution in [2.45, 2.75) is 83.0 Å². The van der Waals surface area contributed by atoms with E-state index in [1.54, 1.807) is 13.1 Å². The summed E-state index contributed by atoms with van der Waals surface area (Å²) in [6.07, 6.45) is 5.09. The fourth-order valence-corrected chi connectivity index (χ4v) is 5.63. The van der Waals surface area contributed by atoms with Gasteiger partial charge in [0, 0.05) is 41.5 Å². The molecule has 3 aliphatic rings. The summed E-state index contributed by atoms with van der Waals surface area (Å²) in [4.78, 5) is 21.3. The maximum absolute atomic E-state index is 13.8. The van der Waals surface area contributed by atoms with Crippen molar-refractivity contribution < 1.29 is 13.6 Å². The molecular weight excluding hydrogens is 408 g/mol. The molecule has 1 aromatic heterocycles. The van der Waals surface area contributed by atoms with Crippen molar-refractivity contribution in [1.29, 1.82) is 0 Å². The number of Topliss-reactive ketones (excluding diaryl/α,β-unsaturated/α-hetero) is 1. The molecule has 0 spiro atoms. The van der Waals surface area contributed by atoms with Crippen LogP contribution in [0.5, 0.6) is 0 Å². The molecular formula is C26H31F2N3O. The molecule has 2 saturated heterocycles. The number of fused-ring (bicyclic) bond motifs is 2. The summed E-state index contributed by atoms with van der Waals surface area (Å²) in [5, 5.41) is 0. The van der Waals surface area contributed by atoms with Gasteiger partial charge in [-0.3, -0.25) is 4.79 Å². The summed E-state index contributed by atoms with van der Waals surface area (Å²) in [6, 6.07) is 11.6. The standard InChI is InChI=1S/C26H31F2N3O/c1-16-3-8-20(9-4-16)30(17(2)26(27)28)23-13-21-10-11-22(14-23)31(21)24-12-7-19(15-29-24)25(32)18-5-6-18/h3-4,7-9,12,15,17-18,21-23,26H,5-6,10-11,13-14H2,1-2H3. The Bertz CT molecular complexity index is 944. The average molecular weight is 440 g/mol. The number of nitrogens with zero attached hydrogens (tertiary/aromatic N) is 3. The molecule has 1 saturated carbocycles. The lowest BCUT2D eigenvalue weighted by Gasteiger charge is -2.46. The number of piperidine rings is 1. The number of pyridine rings is 1. The molecule has 32 heavy (non-hydrogen) atoms. The van der Waals surface area contributed by atoms with Gasteiger partial charge in [-0.15, -0.1) is 0 Å². The molecule has 3 fully saturated rings. The van der Waals surface area contributed by atoms with Crippen LogP contribution in [0.2, 0.25) is 0 Å². The van der Waals surface area contributed by atoms with Crippen molar-refractivity contribution in [2.75, 3.05) is 9.80 Å². The number of alkyl halides is 2. The summed E-state index contributed by atoms with van der Waals surface area (Å²) in [5.41, 5.74) is 2.71. The summed E-state index contributed by atoms with van der Waals surface area (Å²) >= 11 is 0. The molecule has 170 valence electrons. The molecule has 0 radical (unpaired) electrons. The van der Waals surface area contributed by atoms with Crippen molar-refractivity contribution in [3.63, 3.8) is 0 Å². The van der Waals surface area contributed by atoms with Crippen LogP contribution in [0.25, 0.3) is 0 Å². The Balaban J connectivity index is 1.36. The van der Waals surface area contributed by atoms with E-state index < -0.39 is 12.5 Å². The van der Waals surface area contributed by atoms with Crippen molar-refractivity contribution in [1.82, 2.24) is 4.98 Å². The number of carbonyl (C=O) groups is 1. The summed E-state index contributed by atoms with van der Waals surface area (Å²) in [7, 11) is 0. The summed E-state index contributed by atoms with van der Waals surface area (Å²) < 4.78 is 27.6. The van der Waals surface area contributed by atoms with Crippen LogP contribution in [0.1, 0.15) is 61.4 Å². The number of carbonyl (C=O) groups excluding carboxylic acids is 1. The Labute approximate surface area is 188 Å². The van der Waals surface area contributed by atoms with Crippen LogP contribution >= 0.6 is 0 Å². The number of aromatic nitrogens is 1. The molecule has 2 aromatic rings. The SMILES string of the molecule is Cc1ccc(N(C2CC3CCC(C2)N3c2ccc(C(=O)C3CC3)cn2)C(C)C(F)F)cc1. The van der Waals surface area contributed by atoms with E-state index in [1.165, 1.54) is 0 Å². The van der Waals surface area contributed by atoms with Gasteiger partial charge in [-0.25, -0.2) is 13.8 Å². The number of rotatable bonds is 7. The van der Waals surface area contributed by atoms with Gasteiger partial charge < -0.3 is 9.80 Å². The predicted octanol–water partition coefficient (Wildman–Crippen LogP) is 5.64. The molecule has 3 unspecified atom stereocenters. The van der Waals surface area contributed by atoms with Crippen LogP contribution in [-0.2, 0) is 0 Å². The smallest absolute Gasteiger partial charge is 0.258 e. The van der Waals surface area contributed by atoms with Crippen molar-refractivity contribution in [2.24, 2.45) is 5.92 Å². The highest BCUT2D eigenvalue weighted by Crippen LogP contribution is 2.42. The van der Waals surface area contributed by atoms with Crippen LogP contribution in [0, 0.1) is 12.8 Å². The van der Waals surface area contributed by atoms with Crippen LogP contribution in [0.4, 0.5) is 20.3 Å². The maximum atomic E-state index is 13.8. The van der Waals surface area contributed by atoms with Gasteiger partial charge in [0.1, 0.15) is 5.82 Å². The van der Waals surface area contributed by atoms with E-state index in [4.69, 9.17) is 0 Å². The highest BCUT2D eigenvalue weighted by Gasteiger charge is 2.44. The number of ketones is 1. The Hall–Kier alpha value is -2.50. The molecule has 5 rings (SSSR count). The third kappa shape index (κ3) is 4.00. The Morgan fingerprint density at radius 1 is 1.03 bits per heavy atom. The molecule has 3 heterocycles. The van der Waals surface area contributed by atoms with Crippen LogP contribution < -0.4 is 9.80 Å². The van der Waals surface area contributed by atoms with Gasteiger partial charge in [-0.05, 0) is 76.6 Å². The molecule has 0 N–H and O–H groups in total. The van der Waals surface area contributed by atoms with E-state index in [0.717, 1.165) is 55.6 Å². The normalized spacial score (nSPS) is 25.8. The van der Waals surface area contributed by atoms with Gasteiger partial charge in [0.15, 0.2) is 5.78 Å². The molecule has 0 amide bonds. The third-order valence-electron chi connectivity index (χ3n) is 7.48. The minimum Gasteiger partial charge on any atom is -0.360 e. The van der Waals surface area contributed by atoms with Gasteiger partial charge in [-0.1, -0.05) is 17.7 Å². The zero-order chi connectivity index (χ0) is 22.4. The largest absolute Gasteiger partial charge is 0.360 e. The lowest BCUT2D eigenvalue weighted by molar-refractivity contribution is 0.0967. The summed E-state index contributed by atoms with van der Waals surface area (Å²) in [5.74, 6) is 1.31. The second-order valence-corrected chi connectivity index (χ2v) is 9.78. The first-order valence-corrected chi connectivity index (χ1v) is 11.8. The highest BCUT2D eigenvalue weighted by molar-refractivity contribution is 5.99. The molecule has 2 bridgehead atoms. The van der Waals surface area contributed by atoms with Gasteiger partial charge in [-0.2, -0.15) is 0 Å². The molecule has 1 aromatic carbocycles. The van der Waals surface area contributed by atoms with Gasteiger partial charge in [0.25, 0.3) is 6.43 Å². The van der Waals surface area contributed by atoms with Crippen molar-refractivity contribution in [3.05, 3.63) is 53.7 Å². The second-order valence-electron chi connectivity index (χ2n) is 9.78. The minimum absolute atomic E-state index is 0.0752. The fourth-order valence-electron chi connectivity index (χ4n) is 5.63. The molecule has 4 nitrogen and oxygen atoms in total. The molecule has 1 aliphatic carbocycles. The number of aryl methyl sites for hydroxylation is 1. The maximum Gasteiger partial charge on any atom is 0.258 e. The number of anilines is 2. The number of hydrogen-bond donors (Lipinski definition) is 0. The molecule has 3 atom stereocenters. The Morgan fingerprint density at radius 3 is 2.22 bits per heavy atom. The lowest BCUT2D eigenvalue weighted by Crippen LogP contribution is -2.54. The summed E-state index contributed by atoms with van der Waals surface area (Å²) in [6.45, 7) is 3.65. The van der Waals surface area contributed by atoms with Crippen LogP contribution in [0.3, 0.4) is 0 Å². The van der Waals surface area contributed by atoms with Crippen LogP contribution in [0.15, 0.2) is 42.6 Å². The second kappa shape index (κ2) is 8.45. The van der Waals surface area contributed by atoms with E-state index in [-0.39, 0.29) is 29.8 Å². The van der Waals surface area contributed by atoms with Crippen molar-refractivity contribution in [3.8, 4) is 0 Å². The van der Waals surface area contributed by atoms with E-state index in [1.807, 2.05) is 48.2 Å². The monoisotopic (exact) mass is 439 g/mol. The number of benzene rings is 1. The Morgan fingerprint density at radius 2 is 1.69 bits per heavy atom. The lowest BCUT2D eigenvalue weighted by atomic mass is 9.93. The van der Waals surface area contributed by atoms with E-state index >= 15 is 0 Å². The predicted molar refractivity (Wildman–Crippen MR) is 123 cm³/mol. The fraction of sp³-hybridized carbons (Fsp3) is 0.538. The zero-order valence-corrected chi connectivity index (χ0v) is 18.8. The highest BCUT2D eigenvalue weighted by atomic mass is 19.3. The van der Waals surface area contributed by atoms with E-state index in [0.29, 0.717) is 5.56 Å². The van der Waals surface area contributed by atoms with Gasteiger partial charge >= 0.3 is 0 Å². The zero-order valence-electron chi connectivity index (χ0n) is 18.8. The van der Waals surface area contributed by atoms with Gasteiger partial charge in [0.2, 0.25) is 0 Å². The van der Waals surface area contributed by atoms with Crippen LogP contribution in [-0.4, -0.2) is 41.4 Å². The topological polar surface area (TPSA) is 36.4 Å². The first-order chi connectivity index (χ1) is 15.4. The van der Waals surface area contributed by atoms with Crippen molar-refractivity contribution >= 4 is 17.3 Å². The quantitative estimate of drug-likeness (QED) is 0.523. The first-order valence-electron chi connectivity index (χ1n) is 11.8. The minimum atomic E-state index is -2.40. The first kappa shape index (κ1) is 21.4. The molecule has 2 aliphatic heterocycles. The number of hydrogen-bond acceptors (Lipinski definition) is 4. The number of halogens is 2. The van der Waals surface area contributed by atoms with E-state index in [9.17, 15) is 13.6 Å². The Kier molecular flexibility index (Phi) is 5.64. The van der Waals surface area contributed by atoms with E-state index in [2.05, 4.69) is 9.88 Å². The third-order valence-corrected chi connectivity index (χ3v) is 7.48.